The van der Waals surface area contributed by atoms with Crippen LogP contribution in [0.5, 0.6) is 0 Å². The van der Waals surface area contributed by atoms with Crippen LogP contribution in [0.15, 0.2) is 0 Å². The second kappa shape index (κ2) is 3.78. The molecule has 0 radical (unpaired) electrons. The van der Waals surface area contributed by atoms with Gasteiger partial charge in [-0.15, -0.1) is 0 Å². The molecule has 0 bridgehead atoms. The fraction of sp³-hybridized carbons (Fsp3) is 0. The van der Waals surface area contributed by atoms with E-state index in [1.165, 1.54) is 0 Å². The zero-order valence-corrected chi connectivity index (χ0v) is 6.76. The average molecular weight is 291 g/mol. The van der Waals surface area contributed by atoms with Crippen molar-refractivity contribution < 1.29 is 65.4 Å². The SMILES string of the molecule is O=[As]([O-])([O-])[O-].[Eu+3]. The van der Waals surface area contributed by atoms with Gasteiger partial charge in [0.25, 0.3) is 0 Å². The Balaban J connectivity index is 0. The van der Waals surface area contributed by atoms with Crippen LogP contribution in [0, 0.1) is 49.4 Å². The van der Waals surface area contributed by atoms with Gasteiger partial charge in [-0.3, -0.25) is 0 Å². The van der Waals surface area contributed by atoms with Gasteiger partial charge in [0, 0.05) is 0 Å². The van der Waals surface area contributed by atoms with Crippen LogP contribution < -0.4 is 12.3 Å². The third-order valence-corrected chi connectivity index (χ3v) is 0. The van der Waals surface area contributed by atoms with Crippen LogP contribution in [0.2, 0.25) is 0 Å². The van der Waals surface area contributed by atoms with Crippen LogP contribution in [-0.2, 0) is 3.74 Å². The predicted octanol–water partition coefficient (Wildman–Crippen LogP) is -4.07. The molecule has 6 heteroatoms. The first-order chi connectivity index (χ1) is 2.00. The van der Waals surface area contributed by atoms with Gasteiger partial charge in [0.05, 0.1) is 0 Å². The van der Waals surface area contributed by atoms with Crippen LogP contribution in [0.25, 0.3) is 0 Å². The summed E-state index contributed by atoms with van der Waals surface area (Å²) in [4.78, 5) is 0. The van der Waals surface area contributed by atoms with Gasteiger partial charge < -0.3 is 0 Å². The zero-order valence-electron chi connectivity index (χ0n) is 2.46. The number of rotatable bonds is 0. The van der Waals surface area contributed by atoms with Crippen molar-refractivity contribution in [3.8, 4) is 0 Å². The Kier molecular flexibility index (Phi) is 6.77. The molecule has 0 saturated heterocycles. The molecule has 4 nitrogen and oxygen atoms in total. The van der Waals surface area contributed by atoms with Crippen molar-refractivity contribution >= 4 is 14.5 Å². The summed E-state index contributed by atoms with van der Waals surface area (Å²) in [5, 5.41) is 0. The molecule has 0 spiro atoms. The topological polar surface area (TPSA) is 86.2 Å². The molecule has 0 fully saturated rings. The summed E-state index contributed by atoms with van der Waals surface area (Å²) in [5.41, 5.74) is 0. The maximum Gasteiger partial charge on any atom is 3.00 e. The van der Waals surface area contributed by atoms with Crippen molar-refractivity contribution in [2.24, 2.45) is 0 Å². The minimum absolute atomic E-state index is 0. The molecule has 6 heavy (non-hydrogen) atoms. The number of hydrogen-bond acceptors (Lipinski definition) is 4. The maximum atomic E-state index is 8.61. The van der Waals surface area contributed by atoms with Crippen molar-refractivity contribution in [3.05, 3.63) is 0 Å². The molecule has 0 unspecified atom stereocenters. The summed E-state index contributed by atoms with van der Waals surface area (Å²) in [7, 11) is 0. The third-order valence-electron chi connectivity index (χ3n) is 0. The molecule has 0 atom stereocenters. The summed E-state index contributed by atoms with van der Waals surface area (Å²) in [6.07, 6.45) is 0. The molecule has 0 aliphatic heterocycles. The van der Waals surface area contributed by atoms with Gasteiger partial charge in [0.15, 0.2) is 0 Å². The molecular weight excluding hydrogens is 291 g/mol. The van der Waals surface area contributed by atoms with Crippen LogP contribution in [0.3, 0.4) is 0 Å². The Labute approximate surface area is 78.5 Å². The minimum atomic E-state index is -5.88. The van der Waals surface area contributed by atoms with Gasteiger partial charge in [0.1, 0.15) is 0 Å². The van der Waals surface area contributed by atoms with Crippen molar-refractivity contribution in [1.82, 2.24) is 0 Å². The van der Waals surface area contributed by atoms with E-state index >= 15 is 0 Å². The number of hydrogen-bond donors (Lipinski definition) is 0. The first-order valence-electron chi connectivity index (χ1n) is 0.730. The molecule has 36 valence electrons. The van der Waals surface area contributed by atoms with Crippen LogP contribution >= 0.6 is 0 Å². The van der Waals surface area contributed by atoms with E-state index in [4.69, 9.17) is 16.0 Å². The van der Waals surface area contributed by atoms with Gasteiger partial charge in [-0.2, -0.15) is 0 Å². The Hall–Kier alpha value is 1.82. The van der Waals surface area contributed by atoms with E-state index in [0.717, 1.165) is 0 Å². The first-order valence-corrected chi connectivity index (χ1v) is 3.79. The van der Waals surface area contributed by atoms with Crippen molar-refractivity contribution in [3.63, 3.8) is 0 Å². The molecule has 0 amide bonds. The van der Waals surface area contributed by atoms with E-state index in [1.54, 1.807) is 0 Å². The van der Waals surface area contributed by atoms with Gasteiger partial charge >= 0.3 is 79.9 Å². The van der Waals surface area contributed by atoms with E-state index in [9.17, 15) is 0 Å². The second-order valence-corrected chi connectivity index (χ2v) is 2.32. The fourth-order valence-corrected chi connectivity index (χ4v) is 0. The van der Waals surface area contributed by atoms with E-state index in [1.807, 2.05) is 0 Å². The predicted molar refractivity (Wildman–Crippen MR) is 6.44 cm³/mol. The molecule has 0 rings (SSSR count). The summed E-state index contributed by atoms with van der Waals surface area (Å²) in [6, 6.07) is 0. The molecule has 0 aliphatic carbocycles. The van der Waals surface area contributed by atoms with Crippen LogP contribution in [0.1, 0.15) is 0 Å². The van der Waals surface area contributed by atoms with Crippen molar-refractivity contribution in [1.29, 1.82) is 0 Å². The molecule has 0 aromatic rings. The fourth-order valence-electron chi connectivity index (χ4n) is 0. The van der Waals surface area contributed by atoms with E-state index in [-0.39, 0.29) is 49.4 Å². The Morgan fingerprint density at radius 3 is 1.17 bits per heavy atom. The second-order valence-electron chi connectivity index (χ2n) is 0.447. The normalized spacial score (nSPS) is 9.83. The molecule has 0 aromatic heterocycles. The van der Waals surface area contributed by atoms with Gasteiger partial charge in [-0.05, 0) is 0 Å². The Bertz CT molecular complexity index is 53.7. The summed E-state index contributed by atoms with van der Waals surface area (Å²) in [6.45, 7) is 0. The molecule has 0 saturated carbocycles. The van der Waals surface area contributed by atoms with Gasteiger partial charge in [-0.1, -0.05) is 0 Å². The van der Waals surface area contributed by atoms with E-state index in [2.05, 4.69) is 0 Å². The van der Waals surface area contributed by atoms with Gasteiger partial charge in [-0.25, -0.2) is 0 Å². The van der Waals surface area contributed by atoms with Crippen molar-refractivity contribution in [2.45, 2.75) is 0 Å². The summed E-state index contributed by atoms with van der Waals surface area (Å²) in [5.74, 6) is 0. The summed E-state index contributed by atoms with van der Waals surface area (Å²) < 4.78 is 34.4. The largest absolute Gasteiger partial charge is 3.00 e. The average Bonchev–Trinajstić information content (AvgIpc) is 0.722. The molecule has 0 heterocycles. The smallest absolute Gasteiger partial charge is 3.00 e. The monoisotopic (exact) mass is 292 g/mol. The van der Waals surface area contributed by atoms with Crippen molar-refractivity contribution in [2.75, 3.05) is 0 Å². The van der Waals surface area contributed by atoms with Crippen LogP contribution in [0.4, 0.5) is 0 Å². The van der Waals surface area contributed by atoms with E-state index in [0.29, 0.717) is 0 Å². The Morgan fingerprint density at radius 2 is 1.17 bits per heavy atom. The standard InChI is InChI=1S/AsH3O4.Eu/c2-1(3,4)5;/h(H3,2,3,4,5);/q;+3/p-3. The first kappa shape index (κ1) is 10.7. The van der Waals surface area contributed by atoms with Gasteiger partial charge in [0.2, 0.25) is 0 Å². The molecule has 0 aromatic carbocycles. The summed E-state index contributed by atoms with van der Waals surface area (Å²) >= 11 is -5.88. The van der Waals surface area contributed by atoms with E-state index < -0.39 is 14.5 Å². The van der Waals surface area contributed by atoms with Crippen LogP contribution in [-0.4, -0.2) is 14.5 Å². The Morgan fingerprint density at radius 1 is 1.17 bits per heavy atom. The molecule has 0 N–H and O–H groups in total. The maximum absolute atomic E-state index is 8.61. The molecule has 0 aliphatic rings. The zero-order chi connectivity index (χ0) is 4.50. The third kappa shape index (κ3) is 40.8. The minimum Gasteiger partial charge on any atom is 3.00 e. The quantitative estimate of drug-likeness (QED) is 0.425. The molecular formula is AsEuO4.